The molecule has 0 unspecified atom stereocenters. The van der Waals surface area contributed by atoms with Crippen LogP contribution in [0.15, 0.2) is 18.2 Å². The molecule has 0 spiro atoms. The van der Waals surface area contributed by atoms with Crippen LogP contribution in [-0.2, 0) is 11.8 Å². The Morgan fingerprint density at radius 3 is 2.47 bits per heavy atom. The molecule has 2 aromatic rings. The number of hydrogen-bond donors (Lipinski definition) is 3. The number of nitrogens with one attached hydrogen (secondary N) is 2. The number of carbonyl (C=O) groups is 3. The van der Waals surface area contributed by atoms with Crippen LogP contribution in [0.3, 0.4) is 0 Å². The lowest BCUT2D eigenvalue weighted by Crippen LogP contribution is -2.42. The van der Waals surface area contributed by atoms with Crippen LogP contribution < -0.4 is 10.6 Å². The number of anilines is 1. The molecule has 0 saturated heterocycles. The topological polar surface area (TPSA) is 113 Å². The SMILES string of the molecule is Cc1c(C(=O)Nc2cccc(Cl)n2)c(C)n(C)c1C(=O)C(=O)N[C@H]1CC[C@@H](O)CC1. The van der Waals surface area contributed by atoms with Gasteiger partial charge in [-0.15, -0.1) is 0 Å². The Morgan fingerprint density at radius 1 is 1.17 bits per heavy atom. The molecule has 3 N–H and O–H groups in total. The van der Waals surface area contributed by atoms with Gasteiger partial charge in [0.1, 0.15) is 11.0 Å². The Kier molecular flexibility index (Phi) is 6.58. The average molecular weight is 433 g/mol. The van der Waals surface area contributed by atoms with Crippen molar-refractivity contribution in [1.29, 1.82) is 0 Å². The third-order valence-electron chi connectivity index (χ3n) is 5.57. The smallest absolute Gasteiger partial charge is 0.294 e. The number of halogens is 1. The fourth-order valence-electron chi connectivity index (χ4n) is 3.87. The second-order valence-electron chi connectivity index (χ2n) is 7.60. The first-order valence-electron chi connectivity index (χ1n) is 9.82. The zero-order valence-corrected chi connectivity index (χ0v) is 17.9. The second kappa shape index (κ2) is 8.97. The van der Waals surface area contributed by atoms with Gasteiger partial charge in [0, 0.05) is 18.8 Å². The van der Waals surface area contributed by atoms with Crippen molar-refractivity contribution in [2.45, 2.75) is 51.7 Å². The van der Waals surface area contributed by atoms with E-state index >= 15 is 0 Å². The Bertz CT molecular complexity index is 993. The van der Waals surface area contributed by atoms with E-state index in [9.17, 15) is 19.5 Å². The summed E-state index contributed by atoms with van der Waals surface area (Å²) in [6, 6.07) is 4.73. The third-order valence-corrected chi connectivity index (χ3v) is 5.78. The third kappa shape index (κ3) is 4.55. The van der Waals surface area contributed by atoms with Crippen molar-refractivity contribution in [3.05, 3.63) is 45.9 Å². The van der Waals surface area contributed by atoms with Crippen molar-refractivity contribution in [3.63, 3.8) is 0 Å². The minimum Gasteiger partial charge on any atom is -0.393 e. The minimum absolute atomic E-state index is 0.136. The summed E-state index contributed by atoms with van der Waals surface area (Å²) in [6.45, 7) is 3.36. The quantitative estimate of drug-likeness (QED) is 0.381. The van der Waals surface area contributed by atoms with Gasteiger partial charge in [0.2, 0.25) is 0 Å². The maximum atomic E-state index is 12.9. The van der Waals surface area contributed by atoms with Gasteiger partial charge in [0.25, 0.3) is 17.6 Å². The highest BCUT2D eigenvalue weighted by molar-refractivity contribution is 6.43. The van der Waals surface area contributed by atoms with E-state index in [1.54, 1.807) is 43.7 Å². The molecule has 9 heteroatoms. The number of Topliss-reactive ketones (excluding diaryl/α,β-unsaturated/α-hetero) is 1. The summed E-state index contributed by atoms with van der Waals surface area (Å²) in [4.78, 5) is 42.3. The highest BCUT2D eigenvalue weighted by Gasteiger charge is 2.30. The number of pyridine rings is 1. The Morgan fingerprint density at radius 2 is 1.83 bits per heavy atom. The molecule has 0 atom stereocenters. The van der Waals surface area contributed by atoms with E-state index in [0.29, 0.717) is 48.3 Å². The van der Waals surface area contributed by atoms with Crippen molar-refractivity contribution in [2.24, 2.45) is 7.05 Å². The van der Waals surface area contributed by atoms with E-state index in [2.05, 4.69) is 15.6 Å². The molecule has 1 saturated carbocycles. The molecule has 160 valence electrons. The highest BCUT2D eigenvalue weighted by atomic mass is 35.5. The maximum absolute atomic E-state index is 12.9. The molecule has 0 aliphatic heterocycles. The molecule has 1 fully saturated rings. The van der Waals surface area contributed by atoms with Gasteiger partial charge < -0.3 is 20.3 Å². The fraction of sp³-hybridized carbons (Fsp3) is 0.429. The van der Waals surface area contributed by atoms with Gasteiger partial charge in [-0.05, 0) is 57.2 Å². The van der Waals surface area contributed by atoms with Crippen molar-refractivity contribution in [2.75, 3.05) is 5.32 Å². The Hall–Kier alpha value is -2.71. The van der Waals surface area contributed by atoms with Crippen molar-refractivity contribution < 1.29 is 19.5 Å². The van der Waals surface area contributed by atoms with Crippen molar-refractivity contribution in [3.8, 4) is 0 Å². The first-order chi connectivity index (χ1) is 14.2. The number of hydrogen-bond acceptors (Lipinski definition) is 5. The molecule has 2 aromatic heterocycles. The summed E-state index contributed by atoms with van der Waals surface area (Å²) in [7, 11) is 1.65. The van der Waals surface area contributed by atoms with Gasteiger partial charge in [-0.3, -0.25) is 14.4 Å². The van der Waals surface area contributed by atoms with Crippen LogP contribution in [0, 0.1) is 13.8 Å². The monoisotopic (exact) mass is 432 g/mol. The van der Waals surface area contributed by atoms with Crippen LogP contribution in [0.2, 0.25) is 5.15 Å². The summed E-state index contributed by atoms with van der Waals surface area (Å²) in [6.07, 6.45) is 2.12. The number of nitrogens with zero attached hydrogens (tertiary/aromatic N) is 2. The number of amides is 2. The van der Waals surface area contributed by atoms with E-state index in [1.165, 1.54) is 0 Å². The zero-order chi connectivity index (χ0) is 22.0. The van der Waals surface area contributed by atoms with Gasteiger partial charge in [-0.2, -0.15) is 0 Å². The van der Waals surface area contributed by atoms with E-state index in [-0.39, 0.29) is 23.0 Å². The van der Waals surface area contributed by atoms with Crippen LogP contribution >= 0.6 is 11.6 Å². The molecule has 8 nitrogen and oxygen atoms in total. The molecule has 0 radical (unpaired) electrons. The predicted octanol–water partition coefficient (Wildman–Crippen LogP) is 2.55. The lowest BCUT2D eigenvalue weighted by molar-refractivity contribution is -0.118. The van der Waals surface area contributed by atoms with Crippen molar-refractivity contribution in [1.82, 2.24) is 14.9 Å². The summed E-state index contributed by atoms with van der Waals surface area (Å²) in [5.41, 5.74) is 1.47. The van der Waals surface area contributed by atoms with E-state index in [4.69, 9.17) is 11.6 Å². The van der Waals surface area contributed by atoms with Crippen LogP contribution in [0.1, 0.15) is 57.8 Å². The molecule has 30 heavy (non-hydrogen) atoms. The van der Waals surface area contributed by atoms with Crippen LogP contribution in [0.25, 0.3) is 0 Å². The summed E-state index contributed by atoms with van der Waals surface area (Å²) >= 11 is 5.86. The molecule has 1 aliphatic rings. The molecule has 2 amide bonds. The highest BCUT2D eigenvalue weighted by Crippen LogP contribution is 2.24. The van der Waals surface area contributed by atoms with Crippen LogP contribution in [-0.4, -0.2) is 44.4 Å². The molecule has 0 bridgehead atoms. The Balaban J connectivity index is 1.80. The number of carbonyl (C=O) groups excluding carboxylic acids is 3. The Labute approximate surface area is 179 Å². The van der Waals surface area contributed by atoms with Crippen LogP contribution in [0.5, 0.6) is 0 Å². The fourth-order valence-corrected chi connectivity index (χ4v) is 4.03. The van der Waals surface area contributed by atoms with Gasteiger partial charge in [-0.1, -0.05) is 17.7 Å². The van der Waals surface area contributed by atoms with Crippen LogP contribution in [0.4, 0.5) is 5.82 Å². The molecule has 1 aliphatic carbocycles. The van der Waals surface area contributed by atoms with Crippen molar-refractivity contribution >= 4 is 35.0 Å². The first-order valence-corrected chi connectivity index (χ1v) is 10.2. The summed E-state index contributed by atoms with van der Waals surface area (Å²) < 4.78 is 1.56. The maximum Gasteiger partial charge on any atom is 0.294 e. The molecule has 0 aromatic carbocycles. The second-order valence-corrected chi connectivity index (χ2v) is 7.99. The molecular weight excluding hydrogens is 408 g/mol. The van der Waals surface area contributed by atoms with Gasteiger partial charge in [-0.25, -0.2) is 4.98 Å². The lowest BCUT2D eigenvalue weighted by Gasteiger charge is -2.25. The first kappa shape index (κ1) is 22.0. The van der Waals surface area contributed by atoms with E-state index in [0.717, 1.165) is 0 Å². The zero-order valence-electron chi connectivity index (χ0n) is 17.2. The minimum atomic E-state index is -0.705. The number of aliphatic hydroxyl groups excluding tert-OH is 1. The standard InChI is InChI=1S/C21H25ClN4O4/c1-11-17(20(29)25-16-6-4-5-15(22)24-16)12(2)26(3)18(11)19(28)21(30)23-13-7-9-14(27)10-8-13/h4-6,13-14,27H,7-10H2,1-3H3,(H,23,30)(H,24,25,29)/t13-,14+. The lowest BCUT2D eigenvalue weighted by atomic mass is 9.93. The molecule has 3 rings (SSSR count). The molecular formula is C21H25ClN4O4. The summed E-state index contributed by atoms with van der Waals surface area (Å²) in [5.74, 6) is -1.54. The number of aliphatic hydroxyl groups is 1. The van der Waals surface area contributed by atoms with Gasteiger partial charge in [0.15, 0.2) is 0 Å². The number of aromatic nitrogens is 2. The predicted molar refractivity (Wildman–Crippen MR) is 113 cm³/mol. The number of ketones is 1. The van der Waals surface area contributed by atoms with E-state index < -0.39 is 17.6 Å². The van der Waals surface area contributed by atoms with Gasteiger partial charge in [0.05, 0.1) is 17.4 Å². The molecule has 2 heterocycles. The van der Waals surface area contributed by atoms with Gasteiger partial charge >= 0.3 is 0 Å². The summed E-state index contributed by atoms with van der Waals surface area (Å²) in [5, 5.41) is 15.3. The number of rotatable bonds is 5. The largest absolute Gasteiger partial charge is 0.393 e. The average Bonchev–Trinajstić information content (AvgIpc) is 2.91. The normalized spacial score (nSPS) is 18.7. The van der Waals surface area contributed by atoms with E-state index in [1.807, 2.05) is 0 Å².